The number of anilines is 1. The summed E-state index contributed by atoms with van der Waals surface area (Å²) in [7, 11) is 0. The third-order valence-corrected chi connectivity index (χ3v) is 7.70. The number of pyridine rings is 1. The Balaban J connectivity index is 0.00000342. The van der Waals surface area contributed by atoms with Crippen LogP contribution in [0, 0.1) is 5.82 Å². The lowest BCUT2D eigenvalue weighted by Gasteiger charge is -2.47. The number of halogens is 3. The van der Waals surface area contributed by atoms with Crippen LogP contribution >= 0.6 is 23.2 Å². The third kappa shape index (κ3) is 6.21. The smallest absolute Gasteiger partial charge is 0.147 e. The molecule has 2 aromatic rings. The first-order chi connectivity index (χ1) is 16.5. The molecule has 2 aliphatic heterocycles. The summed E-state index contributed by atoms with van der Waals surface area (Å²) in [5.74, 6) is 0.693. The number of hydrogen-bond acceptors (Lipinski definition) is 5. The highest BCUT2D eigenvalue weighted by Crippen LogP contribution is 2.30. The van der Waals surface area contributed by atoms with Crippen LogP contribution in [0.2, 0.25) is 10.0 Å². The number of aromatic nitrogens is 1. The van der Waals surface area contributed by atoms with Crippen molar-refractivity contribution < 1.29 is 5.82 Å². The lowest BCUT2D eigenvalue weighted by atomic mass is 9.97. The van der Waals surface area contributed by atoms with Crippen molar-refractivity contribution in [2.45, 2.75) is 58.3 Å². The fourth-order valence-corrected chi connectivity index (χ4v) is 5.74. The first kappa shape index (κ1) is 25.6. The van der Waals surface area contributed by atoms with E-state index in [4.69, 9.17) is 28.2 Å². The summed E-state index contributed by atoms with van der Waals surface area (Å²) in [4.78, 5) is 12.1. The molecule has 5 nitrogen and oxygen atoms in total. The number of nitrogens with zero attached hydrogens (tertiary/aromatic N) is 4. The van der Waals surface area contributed by atoms with Gasteiger partial charge in [-0.3, -0.25) is 9.80 Å². The lowest BCUT2D eigenvalue weighted by Crippen LogP contribution is -2.58. The van der Waals surface area contributed by atoms with E-state index in [9.17, 15) is 4.39 Å². The van der Waals surface area contributed by atoms with E-state index in [1.807, 2.05) is 18.3 Å². The van der Waals surface area contributed by atoms with Gasteiger partial charge in [0, 0.05) is 63.0 Å². The summed E-state index contributed by atoms with van der Waals surface area (Å²) < 4.78 is 14.2. The van der Waals surface area contributed by atoms with Crippen LogP contribution in [-0.2, 0) is 13.1 Å². The summed E-state index contributed by atoms with van der Waals surface area (Å²) in [6, 6.07) is 8.09. The van der Waals surface area contributed by atoms with E-state index in [0.717, 1.165) is 87.0 Å². The number of piperazine rings is 1. The highest BCUT2D eigenvalue weighted by Gasteiger charge is 2.34. The van der Waals surface area contributed by atoms with E-state index < -0.39 is 0 Å². The van der Waals surface area contributed by atoms with Crippen molar-refractivity contribution in [3.8, 4) is 0 Å². The second-order valence-electron chi connectivity index (χ2n) is 9.42. The molecule has 2 saturated heterocycles. The van der Waals surface area contributed by atoms with Crippen LogP contribution in [0.1, 0.15) is 45.7 Å². The van der Waals surface area contributed by atoms with Crippen LogP contribution in [0.15, 0.2) is 30.5 Å². The summed E-state index contributed by atoms with van der Waals surface area (Å²) >= 11 is 12.5. The Morgan fingerprint density at radius 2 is 1.91 bits per heavy atom. The summed E-state index contributed by atoms with van der Waals surface area (Å²) in [6.45, 7) is 11.6. The Morgan fingerprint density at radius 1 is 1.12 bits per heavy atom. The molecule has 0 bridgehead atoms. The predicted molar refractivity (Wildman–Crippen MR) is 141 cm³/mol. The molecule has 2 aliphatic rings. The zero-order valence-corrected chi connectivity index (χ0v) is 21.8. The fraction of sp³-hybridized carbons (Fsp3) is 0.577. The van der Waals surface area contributed by atoms with Crippen LogP contribution in [0.25, 0.3) is 0 Å². The minimum absolute atomic E-state index is 0. The maximum atomic E-state index is 14.2. The van der Waals surface area contributed by atoms with Crippen molar-refractivity contribution in [3.05, 3.63) is 57.5 Å². The van der Waals surface area contributed by atoms with Gasteiger partial charge >= 0.3 is 0 Å². The zero-order valence-electron chi connectivity index (χ0n) is 20.2. The van der Waals surface area contributed by atoms with Gasteiger partial charge in [0.15, 0.2) is 0 Å². The Kier molecular flexibility index (Phi) is 9.05. The summed E-state index contributed by atoms with van der Waals surface area (Å²) in [5.41, 5.74) is 1.84. The molecule has 0 saturated carbocycles. The van der Waals surface area contributed by atoms with E-state index in [1.165, 1.54) is 6.07 Å². The molecule has 0 radical (unpaired) electrons. The first-order valence-electron chi connectivity index (χ1n) is 12.5. The molecule has 3 heterocycles. The van der Waals surface area contributed by atoms with Gasteiger partial charge in [0.05, 0.1) is 5.02 Å². The maximum Gasteiger partial charge on any atom is 0.147 e. The Labute approximate surface area is 214 Å². The largest absolute Gasteiger partial charge is 0.353 e. The van der Waals surface area contributed by atoms with Gasteiger partial charge in [0.25, 0.3) is 0 Å². The van der Waals surface area contributed by atoms with E-state index in [-0.39, 0.29) is 7.24 Å². The number of hydrogen-bond donors (Lipinski definition) is 1. The van der Waals surface area contributed by atoms with Gasteiger partial charge in [0.2, 0.25) is 0 Å². The average molecular weight is 511 g/mol. The monoisotopic (exact) mass is 509 g/mol. The molecule has 188 valence electrons. The summed E-state index contributed by atoms with van der Waals surface area (Å²) in [5, 5.41) is 4.51. The molecular weight excluding hydrogens is 472 g/mol. The van der Waals surface area contributed by atoms with E-state index in [1.54, 1.807) is 6.07 Å². The fourth-order valence-electron chi connectivity index (χ4n) is 5.27. The highest BCUT2D eigenvalue weighted by atomic mass is 35.5. The molecule has 8 heteroatoms. The van der Waals surface area contributed by atoms with Crippen LogP contribution in [0.4, 0.5) is 10.2 Å². The second kappa shape index (κ2) is 12.0. The molecule has 1 N–H and O–H groups in total. The Bertz CT molecular complexity index is 957. The van der Waals surface area contributed by atoms with Crippen molar-refractivity contribution >= 4 is 29.0 Å². The number of likely N-dealkylation sites (tertiary alicyclic amines) is 1. The molecule has 4 rings (SSSR count). The Morgan fingerprint density at radius 3 is 2.59 bits per heavy atom. The quantitative estimate of drug-likeness (QED) is 0.511. The van der Waals surface area contributed by atoms with Crippen molar-refractivity contribution in [2.24, 2.45) is 0 Å². The van der Waals surface area contributed by atoms with Crippen LogP contribution < -0.4 is 10.2 Å². The minimum Gasteiger partial charge on any atom is -0.353 e. The van der Waals surface area contributed by atoms with E-state index in [2.05, 4.69) is 33.9 Å². The van der Waals surface area contributed by atoms with Gasteiger partial charge in [-0.2, -0.15) is 0 Å². The number of piperidine rings is 1. The van der Waals surface area contributed by atoms with E-state index >= 15 is 0 Å². The minimum atomic E-state index is -0.210. The lowest BCUT2D eigenvalue weighted by molar-refractivity contribution is 0.0607. The van der Waals surface area contributed by atoms with Crippen LogP contribution in [0.3, 0.4) is 0 Å². The summed E-state index contributed by atoms with van der Waals surface area (Å²) in [6.07, 6.45) is 5.27. The normalized spacial score (nSPS) is 20.7. The molecule has 0 aliphatic carbocycles. The molecule has 0 unspecified atom stereocenters. The van der Waals surface area contributed by atoms with Gasteiger partial charge < -0.3 is 10.2 Å². The molecule has 0 spiro atoms. The van der Waals surface area contributed by atoms with Gasteiger partial charge in [0.1, 0.15) is 11.6 Å². The molecule has 1 aromatic carbocycles. The predicted octanol–water partition coefficient (Wildman–Crippen LogP) is 5.45. The molecule has 1 aromatic heterocycles. The van der Waals surface area contributed by atoms with Crippen molar-refractivity contribution in [1.82, 2.24) is 20.1 Å². The van der Waals surface area contributed by atoms with Crippen LogP contribution in [0.5, 0.6) is 0 Å². The van der Waals surface area contributed by atoms with Crippen LogP contribution in [-0.4, -0.2) is 66.1 Å². The third-order valence-electron chi connectivity index (χ3n) is 7.19. The maximum absolute atomic E-state index is 14.2. The molecule has 1 atom stereocenters. The zero-order chi connectivity index (χ0) is 24.1. The average Bonchev–Trinajstić information content (AvgIpc) is 2.84. The second-order valence-corrected chi connectivity index (χ2v) is 10.3. The Hall–Kier alpha value is -1.44. The van der Waals surface area contributed by atoms with Gasteiger partial charge in [-0.25, -0.2) is 9.37 Å². The van der Waals surface area contributed by atoms with Gasteiger partial charge in [-0.05, 0) is 62.7 Å². The van der Waals surface area contributed by atoms with Crippen molar-refractivity contribution in [1.29, 1.82) is 0 Å². The highest BCUT2D eigenvalue weighted by molar-refractivity contribution is 6.33. The molecular formula is C26H38Cl2FN5. The van der Waals surface area contributed by atoms with E-state index in [0.29, 0.717) is 23.7 Å². The number of nitrogens with one attached hydrogen (secondary N) is 1. The number of rotatable bonds is 8. The molecule has 0 amide bonds. The molecule has 34 heavy (non-hydrogen) atoms. The van der Waals surface area contributed by atoms with Gasteiger partial charge in [-0.15, -0.1) is 0 Å². The number of benzene rings is 1. The van der Waals surface area contributed by atoms with Gasteiger partial charge in [-0.1, -0.05) is 43.1 Å². The topological polar surface area (TPSA) is 34.6 Å². The molecule has 2 fully saturated rings. The van der Waals surface area contributed by atoms with Crippen molar-refractivity contribution in [3.63, 3.8) is 0 Å². The standard InChI is InChI=1S/C26H36Cl2FN5.H2/c1-3-22-18-33(26-24(28)13-19(16-31-26)15-30-4-2)11-12-34(22)23-7-9-32(10-8-23)17-20-5-6-21(27)14-25(20)29;/h5-6,13-14,16,22-23,30H,3-4,7-12,15,17-18H2,1-2H3;1H/t22-;/m0./s1. The first-order valence-corrected chi connectivity index (χ1v) is 13.3. The SMILES string of the molecule is CCNCc1cnc(N2CCN(C3CCN(Cc4ccc(Cl)cc4F)CC3)[C@@H](CC)C2)c(Cl)c1.[HH]. The van der Waals surface area contributed by atoms with Crippen molar-refractivity contribution in [2.75, 3.05) is 44.2 Å².